The molecule has 4 rings (SSSR count). The number of amides is 1. The molecule has 0 spiro atoms. The molecule has 0 radical (unpaired) electrons. The minimum absolute atomic E-state index is 0.330. The summed E-state index contributed by atoms with van der Waals surface area (Å²) in [5.41, 5.74) is 8.84. The Bertz CT molecular complexity index is 1280. The van der Waals surface area contributed by atoms with Crippen molar-refractivity contribution in [3.05, 3.63) is 108 Å². The van der Waals surface area contributed by atoms with Gasteiger partial charge in [0.15, 0.2) is 11.6 Å². The van der Waals surface area contributed by atoms with Crippen molar-refractivity contribution in [3.8, 4) is 11.1 Å². The molecule has 0 unspecified atom stereocenters. The van der Waals surface area contributed by atoms with E-state index in [0.717, 1.165) is 28.2 Å². The molecule has 0 atom stereocenters. The molecule has 32 heavy (non-hydrogen) atoms. The summed E-state index contributed by atoms with van der Waals surface area (Å²) < 4.78 is 39.6. The molecule has 0 heterocycles. The first kappa shape index (κ1) is 21.5. The van der Waals surface area contributed by atoms with Crippen molar-refractivity contribution in [1.82, 2.24) is 0 Å². The van der Waals surface area contributed by atoms with Crippen LogP contribution in [0.3, 0.4) is 0 Å². The first-order valence-electron chi connectivity index (χ1n) is 9.59. The molecule has 0 bridgehead atoms. The maximum absolute atomic E-state index is 13.4. The highest BCUT2D eigenvalue weighted by Gasteiger charge is 2.11. The Morgan fingerprint density at radius 2 is 1.38 bits per heavy atom. The second-order valence-corrected chi connectivity index (χ2v) is 8.11. The second kappa shape index (κ2) is 9.20. The number of carbonyl (C=O) groups excluding carboxylic acids is 1. The Labute approximate surface area is 187 Å². The molecule has 4 aromatic carbocycles. The van der Waals surface area contributed by atoms with Crippen LogP contribution >= 0.6 is 11.8 Å². The van der Waals surface area contributed by atoms with Gasteiger partial charge in [-0.1, -0.05) is 30.0 Å². The molecule has 3 nitrogen and oxygen atoms in total. The fraction of sp³-hybridized carbons (Fsp3) is 0. The number of nitrogens with two attached hydrogens (primary N) is 1. The molecule has 0 aliphatic carbocycles. The summed E-state index contributed by atoms with van der Waals surface area (Å²) >= 11 is 1.25. The van der Waals surface area contributed by atoms with Crippen molar-refractivity contribution in [3.63, 3.8) is 0 Å². The van der Waals surface area contributed by atoms with E-state index in [-0.39, 0.29) is 11.7 Å². The molecule has 0 aromatic heterocycles. The zero-order valence-electron chi connectivity index (χ0n) is 16.6. The van der Waals surface area contributed by atoms with Gasteiger partial charge in [0, 0.05) is 15.4 Å². The van der Waals surface area contributed by atoms with E-state index in [9.17, 15) is 18.0 Å². The third-order valence-corrected chi connectivity index (χ3v) is 5.72. The van der Waals surface area contributed by atoms with Crippen LogP contribution in [0, 0.1) is 17.5 Å². The van der Waals surface area contributed by atoms with Crippen LogP contribution in [-0.4, -0.2) is 5.91 Å². The van der Waals surface area contributed by atoms with Crippen molar-refractivity contribution in [1.29, 1.82) is 0 Å². The molecule has 4 aromatic rings. The SMILES string of the molecule is Nc1ccc(-c2ccc(F)cc2)cc1NC(=O)c1ccc(Sc2ccc(F)c(F)c2)cc1. The van der Waals surface area contributed by atoms with Gasteiger partial charge < -0.3 is 11.1 Å². The fourth-order valence-corrected chi connectivity index (χ4v) is 3.87. The van der Waals surface area contributed by atoms with E-state index >= 15 is 0 Å². The summed E-state index contributed by atoms with van der Waals surface area (Å²) in [4.78, 5) is 14.0. The van der Waals surface area contributed by atoms with Gasteiger partial charge in [-0.3, -0.25) is 4.79 Å². The maximum Gasteiger partial charge on any atom is 0.255 e. The highest BCUT2D eigenvalue weighted by atomic mass is 32.2. The van der Waals surface area contributed by atoms with Gasteiger partial charge in [-0.2, -0.15) is 0 Å². The van der Waals surface area contributed by atoms with Gasteiger partial charge in [-0.25, -0.2) is 13.2 Å². The topological polar surface area (TPSA) is 55.1 Å². The number of anilines is 2. The Balaban J connectivity index is 1.48. The molecule has 3 N–H and O–H groups in total. The molecular formula is C25H17F3N2OS. The fourth-order valence-electron chi connectivity index (χ4n) is 3.03. The van der Waals surface area contributed by atoms with Crippen LogP contribution in [0.2, 0.25) is 0 Å². The zero-order valence-corrected chi connectivity index (χ0v) is 17.4. The second-order valence-electron chi connectivity index (χ2n) is 6.97. The van der Waals surface area contributed by atoms with Crippen LogP contribution in [0.25, 0.3) is 11.1 Å². The molecule has 0 fully saturated rings. The molecule has 0 saturated heterocycles. The van der Waals surface area contributed by atoms with Crippen LogP contribution in [0.5, 0.6) is 0 Å². The van der Waals surface area contributed by atoms with Crippen LogP contribution < -0.4 is 11.1 Å². The van der Waals surface area contributed by atoms with Gasteiger partial charge in [-0.15, -0.1) is 0 Å². The van der Waals surface area contributed by atoms with E-state index in [2.05, 4.69) is 5.32 Å². The summed E-state index contributed by atoms with van der Waals surface area (Å²) in [5, 5.41) is 2.79. The molecule has 0 saturated carbocycles. The average molecular weight is 450 g/mol. The monoisotopic (exact) mass is 450 g/mol. The van der Waals surface area contributed by atoms with Gasteiger partial charge in [-0.05, 0) is 77.9 Å². The van der Waals surface area contributed by atoms with Crippen LogP contribution in [0.15, 0.2) is 94.7 Å². The number of rotatable bonds is 5. The summed E-state index contributed by atoms with van der Waals surface area (Å²) in [6, 6.07) is 21.6. The number of hydrogen-bond acceptors (Lipinski definition) is 3. The number of benzene rings is 4. The predicted octanol–water partition coefficient (Wildman–Crippen LogP) is 6.76. The predicted molar refractivity (Wildman–Crippen MR) is 121 cm³/mol. The molecule has 1 amide bonds. The van der Waals surface area contributed by atoms with Crippen LogP contribution in [-0.2, 0) is 0 Å². The largest absolute Gasteiger partial charge is 0.397 e. The molecule has 160 valence electrons. The van der Waals surface area contributed by atoms with Crippen molar-refractivity contribution in [2.75, 3.05) is 11.1 Å². The lowest BCUT2D eigenvalue weighted by Crippen LogP contribution is -2.13. The highest BCUT2D eigenvalue weighted by molar-refractivity contribution is 7.99. The summed E-state index contributed by atoms with van der Waals surface area (Å²) in [7, 11) is 0. The van der Waals surface area contributed by atoms with Gasteiger partial charge >= 0.3 is 0 Å². The Kier molecular flexibility index (Phi) is 6.18. The van der Waals surface area contributed by atoms with E-state index in [4.69, 9.17) is 5.73 Å². The Morgan fingerprint density at radius 1 is 0.719 bits per heavy atom. The standard InChI is InChI=1S/C25H17F3N2OS/c26-18-6-1-15(2-7-18)17-5-12-23(29)24(13-17)30-25(31)16-3-8-19(9-4-16)32-20-10-11-21(27)22(28)14-20/h1-14H,29H2,(H,30,31). The van der Waals surface area contributed by atoms with E-state index in [0.29, 0.717) is 21.8 Å². The molecular weight excluding hydrogens is 433 g/mol. The zero-order chi connectivity index (χ0) is 22.7. The minimum Gasteiger partial charge on any atom is -0.397 e. The Morgan fingerprint density at radius 3 is 2.06 bits per heavy atom. The number of carbonyl (C=O) groups is 1. The lowest BCUT2D eigenvalue weighted by Gasteiger charge is -2.11. The maximum atomic E-state index is 13.4. The van der Waals surface area contributed by atoms with E-state index in [1.165, 1.54) is 30.0 Å². The number of hydrogen-bond donors (Lipinski definition) is 2. The summed E-state index contributed by atoms with van der Waals surface area (Å²) in [6.07, 6.45) is 0. The van der Waals surface area contributed by atoms with Crippen molar-refractivity contribution in [2.24, 2.45) is 0 Å². The third-order valence-electron chi connectivity index (χ3n) is 4.72. The van der Waals surface area contributed by atoms with Crippen molar-refractivity contribution < 1.29 is 18.0 Å². The minimum atomic E-state index is -0.911. The highest BCUT2D eigenvalue weighted by Crippen LogP contribution is 2.30. The lowest BCUT2D eigenvalue weighted by molar-refractivity contribution is 0.102. The van der Waals surface area contributed by atoms with Crippen molar-refractivity contribution >= 4 is 29.0 Å². The Hall–Kier alpha value is -3.71. The number of halogens is 3. The first-order valence-corrected chi connectivity index (χ1v) is 10.4. The van der Waals surface area contributed by atoms with Crippen LogP contribution in [0.1, 0.15) is 10.4 Å². The third kappa shape index (κ3) is 4.95. The smallest absolute Gasteiger partial charge is 0.255 e. The summed E-state index contributed by atoms with van der Waals surface area (Å²) in [5.74, 6) is -2.49. The van der Waals surface area contributed by atoms with E-state index in [1.54, 1.807) is 54.6 Å². The average Bonchev–Trinajstić information content (AvgIpc) is 2.79. The molecule has 7 heteroatoms. The quantitative estimate of drug-likeness (QED) is 0.331. The van der Waals surface area contributed by atoms with Gasteiger partial charge in [0.25, 0.3) is 5.91 Å². The van der Waals surface area contributed by atoms with E-state index < -0.39 is 11.6 Å². The molecule has 0 aliphatic heterocycles. The van der Waals surface area contributed by atoms with Gasteiger partial charge in [0.05, 0.1) is 11.4 Å². The first-order chi connectivity index (χ1) is 15.4. The van der Waals surface area contributed by atoms with E-state index in [1.807, 2.05) is 0 Å². The van der Waals surface area contributed by atoms with Gasteiger partial charge in [0.1, 0.15) is 5.82 Å². The van der Waals surface area contributed by atoms with Gasteiger partial charge in [0.2, 0.25) is 0 Å². The normalized spacial score (nSPS) is 10.7. The number of nitrogen functional groups attached to an aromatic ring is 1. The van der Waals surface area contributed by atoms with Crippen molar-refractivity contribution in [2.45, 2.75) is 9.79 Å². The summed E-state index contributed by atoms with van der Waals surface area (Å²) in [6.45, 7) is 0. The number of nitrogens with one attached hydrogen (secondary N) is 1. The molecule has 0 aliphatic rings. The van der Waals surface area contributed by atoms with Crippen LogP contribution in [0.4, 0.5) is 24.5 Å². The lowest BCUT2D eigenvalue weighted by atomic mass is 10.0.